The molecule has 154 valence electrons. The molecule has 1 aromatic carbocycles. The molecule has 0 spiro atoms. The van der Waals surface area contributed by atoms with Crippen molar-refractivity contribution < 1.29 is 23.9 Å². The summed E-state index contributed by atoms with van der Waals surface area (Å²) >= 11 is 0. The highest BCUT2D eigenvalue weighted by Crippen LogP contribution is 2.19. The molecule has 1 rings (SSSR count). The first kappa shape index (κ1) is 23.2. The van der Waals surface area contributed by atoms with Gasteiger partial charge in [-0.25, -0.2) is 4.79 Å². The van der Waals surface area contributed by atoms with Gasteiger partial charge >= 0.3 is 12.1 Å². The largest absolute Gasteiger partial charge is 0.469 e. The first-order valence-electron chi connectivity index (χ1n) is 9.28. The lowest BCUT2D eigenvalue weighted by Gasteiger charge is -2.20. The molecule has 0 saturated carbocycles. The maximum Gasteiger partial charge on any atom is 0.412 e. The van der Waals surface area contributed by atoms with Crippen LogP contribution in [0.25, 0.3) is 6.08 Å². The van der Waals surface area contributed by atoms with Crippen molar-refractivity contribution in [3.8, 4) is 0 Å². The van der Waals surface area contributed by atoms with E-state index in [1.807, 2.05) is 13.0 Å². The summed E-state index contributed by atoms with van der Waals surface area (Å²) in [5, 5.41) is 5.51. The summed E-state index contributed by atoms with van der Waals surface area (Å²) in [5.74, 6) is -0.468. The quantitative estimate of drug-likeness (QED) is 0.514. The second-order valence-electron chi connectivity index (χ2n) is 7.22. The van der Waals surface area contributed by atoms with Crippen LogP contribution in [0.5, 0.6) is 0 Å². The predicted octanol–water partition coefficient (Wildman–Crippen LogP) is 4.14. The zero-order valence-corrected chi connectivity index (χ0v) is 17.3. The van der Waals surface area contributed by atoms with Crippen molar-refractivity contribution in [2.75, 3.05) is 19.0 Å². The minimum absolute atomic E-state index is 0.213. The molecule has 0 radical (unpaired) electrons. The van der Waals surface area contributed by atoms with Gasteiger partial charge < -0.3 is 14.8 Å². The van der Waals surface area contributed by atoms with E-state index in [1.165, 1.54) is 7.11 Å². The summed E-state index contributed by atoms with van der Waals surface area (Å²) < 4.78 is 9.82. The standard InChI is InChI=1S/C21H30N2O5/c1-6-9-15-14-16(23-20(26)28-21(2,3)4)11-12-17(15)19(25)22-13-8-7-10-18(24)27-5/h6,9,11-12,14H,7-8,10,13H2,1-5H3,(H,22,25)(H,23,26)/b9-6+. The topological polar surface area (TPSA) is 93.7 Å². The molecule has 0 unspecified atom stereocenters. The number of unbranched alkanes of at least 4 members (excludes halogenated alkanes) is 1. The average Bonchev–Trinajstić information content (AvgIpc) is 2.59. The van der Waals surface area contributed by atoms with E-state index in [9.17, 15) is 14.4 Å². The van der Waals surface area contributed by atoms with Crippen molar-refractivity contribution in [1.29, 1.82) is 0 Å². The number of anilines is 1. The van der Waals surface area contributed by atoms with Gasteiger partial charge in [0.15, 0.2) is 0 Å². The number of hydrogen-bond donors (Lipinski definition) is 2. The molecule has 0 aliphatic carbocycles. The maximum absolute atomic E-state index is 12.5. The number of nitrogens with one attached hydrogen (secondary N) is 2. The molecule has 0 bridgehead atoms. The molecular formula is C21H30N2O5. The predicted molar refractivity (Wildman–Crippen MR) is 109 cm³/mol. The molecular weight excluding hydrogens is 360 g/mol. The molecule has 1 aromatic rings. The highest BCUT2D eigenvalue weighted by Gasteiger charge is 2.17. The molecule has 0 aliphatic heterocycles. The van der Waals surface area contributed by atoms with Gasteiger partial charge in [-0.1, -0.05) is 12.2 Å². The third kappa shape index (κ3) is 8.70. The molecule has 0 fully saturated rings. The Kier molecular flexibility index (Phi) is 9.21. The SMILES string of the molecule is C/C=C/c1cc(NC(=O)OC(C)(C)C)ccc1C(=O)NCCCCC(=O)OC. The van der Waals surface area contributed by atoms with Crippen LogP contribution in [0.2, 0.25) is 0 Å². The molecule has 0 atom stereocenters. The third-order valence-electron chi connectivity index (χ3n) is 3.61. The average molecular weight is 390 g/mol. The van der Waals surface area contributed by atoms with Crippen LogP contribution in [0, 0.1) is 0 Å². The van der Waals surface area contributed by atoms with Gasteiger partial charge in [0.25, 0.3) is 5.91 Å². The number of esters is 1. The molecule has 0 aliphatic rings. The van der Waals surface area contributed by atoms with Crippen molar-refractivity contribution in [3.05, 3.63) is 35.4 Å². The number of amides is 2. The number of carbonyl (C=O) groups excluding carboxylic acids is 3. The van der Waals surface area contributed by atoms with Gasteiger partial charge in [0.2, 0.25) is 0 Å². The second kappa shape index (κ2) is 11.1. The van der Waals surface area contributed by atoms with Crippen LogP contribution < -0.4 is 10.6 Å². The van der Waals surface area contributed by atoms with Gasteiger partial charge in [0.05, 0.1) is 7.11 Å². The number of carbonyl (C=O) groups is 3. The third-order valence-corrected chi connectivity index (χ3v) is 3.61. The van der Waals surface area contributed by atoms with Crippen LogP contribution in [0.15, 0.2) is 24.3 Å². The van der Waals surface area contributed by atoms with Crippen LogP contribution in [-0.4, -0.2) is 37.2 Å². The van der Waals surface area contributed by atoms with E-state index >= 15 is 0 Å². The molecule has 2 N–H and O–H groups in total. The van der Waals surface area contributed by atoms with Crippen LogP contribution in [0.3, 0.4) is 0 Å². The van der Waals surface area contributed by atoms with E-state index in [1.54, 1.807) is 45.0 Å². The lowest BCUT2D eigenvalue weighted by atomic mass is 10.0. The van der Waals surface area contributed by atoms with E-state index < -0.39 is 11.7 Å². The summed E-state index contributed by atoms with van der Waals surface area (Å²) in [6.45, 7) is 7.68. The Hall–Kier alpha value is -2.83. The zero-order chi connectivity index (χ0) is 21.2. The Bertz CT molecular complexity index is 720. The molecule has 7 heteroatoms. The van der Waals surface area contributed by atoms with E-state index in [2.05, 4.69) is 15.4 Å². The number of ether oxygens (including phenoxy) is 2. The summed E-state index contributed by atoms with van der Waals surface area (Å²) in [6, 6.07) is 5.03. The number of benzene rings is 1. The van der Waals surface area contributed by atoms with E-state index in [-0.39, 0.29) is 11.9 Å². The van der Waals surface area contributed by atoms with Crippen molar-refractivity contribution in [1.82, 2.24) is 5.32 Å². The Labute approximate surface area is 166 Å². The van der Waals surface area contributed by atoms with Gasteiger partial charge in [-0.15, -0.1) is 0 Å². The van der Waals surface area contributed by atoms with Gasteiger partial charge in [-0.3, -0.25) is 14.9 Å². The lowest BCUT2D eigenvalue weighted by molar-refractivity contribution is -0.140. The fraction of sp³-hybridized carbons (Fsp3) is 0.476. The van der Waals surface area contributed by atoms with Crippen LogP contribution in [-0.2, 0) is 14.3 Å². The highest BCUT2D eigenvalue weighted by molar-refractivity contribution is 5.99. The van der Waals surface area contributed by atoms with Crippen molar-refractivity contribution >= 4 is 29.7 Å². The Balaban J connectivity index is 2.72. The minimum atomic E-state index is -0.593. The van der Waals surface area contributed by atoms with Gasteiger partial charge in [-0.05, 0) is 64.3 Å². The van der Waals surface area contributed by atoms with Crippen molar-refractivity contribution in [2.24, 2.45) is 0 Å². The number of methoxy groups -OCH3 is 1. The van der Waals surface area contributed by atoms with Crippen LogP contribution >= 0.6 is 0 Å². The summed E-state index contributed by atoms with van der Waals surface area (Å²) in [7, 11) is 1.36. The Morgan fingerprint density at radius 2 is 1.86 bits per heavy atom. The number of rotatable bonds is 8. The molecule has 28 heavy (non-hydrogen) atoms. The lowest BCUT2D eigenvalue weighted by Crippen LogP contribution is -2.27. The summed E-state index contributed by atoms with van der Waals surface area (Å²) in [5.41, 5.74) is 1.13. The Morgan fingerprint density at radius 3 is 2.46 bits per heavy atom. The Morgan fingerprint density at radius 1 is 1.14 bits per heavy atom. The molecule has 0 aromatic heterocycles. The zero-order valence-electron chi connectivity index (χ0n) is 17.3. The van der Waals surface area contributed by atoms with Gasteiger partial charge in [-0.2, -0.15) is 0 Å². The first-order chi connectivity index (χ1) is 13.2. The monoisotopic (exact) mass is 390 g/mol. The number of hydrogen-bond acceptors (Lipinski definition) is 5. The minimum Gasteiger partial charge on any atom is -0.469 e. The fourth-order valence-electron chi connectivity index (χ4n) is 2.38. The molecule has 0 heterocycles. The highest BCUT2D eigenvalue weighted by atomic mass is 16.6. The first-order valence-corrected chi connectivity index (χ1v) is 9.28. The summed E-state index contributed by atoms with van der Waals surface area (Å²) in [4.78, 5) is 35.5. The molecule has 7 nitrogen and oxygen atoms in total. The van der Waals surface area contributed by atoms with Gasteiger partial charge in [0, 0.05) is 24.2 Å². The van der Waals surface area contributed by atoms with Crippen LogP contribution in [0.4, 0.5) is 10.5 Å². The maximum atomic E-state index is 12.5. The van der Waals surface area contributed by atoms with Crippen LogP contribution in [0.1, 0.15) is 62.9 Å². The smallest absolute Gasteiger partial charge is 0.412 e. The van der Waals surface area contributed by atoms with Crippen molar-refractivity contribution in [3.63, 3.8) is 0 Å². The van der Waals surface area contributed by atoms with E-state index in [0.29, 0.717) is 42.6 Å². The molecule has 0 saturated heterocycles. The fourth-order valence-corrected chi connectivity index (χ4v) is 2.38. The molecule has 2 amide bonds. The second-order valence-corrected chi connectivity index (χ2v) is 7.22. The van der Waals surface area contributed by atoms with Gasteiger partial charge in [0.1, 0.15) is 5.60 Å². The summed E-state index contributed by atoms with van der Waals surface area (Å²) in [6.07, 6.45) is 4.72. The van der Waals surface area contributed by atoms with Crippen molar-refractivity contribution in [2.45, 2.75) is 52.6 Å². The van der Waals surface area contributed by atoms with E-state index in [4.69, 9.17) is 4.74 Å². The normalized spacial score (nSPS) is 11.2. The number of allylic oxidation sites excluding steroid dienone is 1. The van der Waals surface area contributed by atoms with E-state index in [0.717, 1.165) is 0 Å².